The van der Waals surface area contributed by atoms with E-state index in [0.717, 1.165) is 0 Å². The normalized spacial score (nSPS) is 6.64. The van der Waals surface area contributed by atoms with E-state index in [1.54, 1.807) is 0 Å². The standard InChI is InChI=1S/C7H8.2CH3Cl/c1-7-5-3-2-4-6-7;2*1-2/h2-6H,1H3;2*1H3. The third-order valence-corrected chi connectivity index (χ3v) is 0.940. The quantitative estimate of drug-likeness (QED) is 0.551. The third-order valence-electron chi connectivity index (χ3n) is 0.940. The molecule has 0 aliphatic carbocycles. The zero-order chi connectivity index (χ0) is 9.11. The minimum absolute atomic E-state index is 1.32. The highest BCUT2D eigenvalue weighted by Gasteiger charge is 1.72. The van der Waals surface area contributed by atoms with Gasteiger partial charge < -0.3 is 0 Å². The van der Waals surface area contributed by atoms with E-state index in [1.165, 1.54) is 18.3 Å². The van der Waals surface area contributed by atoms with Gasteiger partial charge in [-0.2, -0.15) is 0 Å². The molecule has 0 heterocycles. The number of alkyl halides is 2. The summed E-state index contributed by atoms with van der Waals surface area (Å²) in [6.45, 7) is 2.08. The van der Waals surface area contributed by atoms with Gasteiger partial charge in [0.1, 0.15) is 0 Å². The Kier molecular flexibility index (Phi) is 15.2. The van der Waals surface area contributed by atoms with Crippen LogP contribution in [-0.2, 0) is 0 Å². The first-order chi connectivity index (χ1) is 5.39. The maximum Gasteiger partial charge on any atom is 0.0108 e. The molecular weight excluding hydrogens is 179 g/mol. The van der Waals surface area contributed by atoms with Crippen molar-refractivity contribution in [1.29, 1.82) is 0 Å². The molecule has 0 atom stereocenters. The van der Waals surface area contributed by atoms with Crippen LogP contribution in [0.15, 0.2) is 30.3 Å². The molecule has 0 nitrogen and oxygen atoms in total. The van der Waals surface area contributed by atoms with Crippen LogP contribution in [0.1, 0.15) is 5.56 Å². The predicted octanol–water partition coefficient (Wildman–Crippen LogP) is 3.71. The van der Waals surface area contributed by atoms with Crippen molar-refractivity contribution in [3.63, 3.8) is 0 Å². The third kappa shape index (κ3) is 9.80. The lowest BCUT2D eigenvalue weighted by molar-refractivity contribution is 1.48. The summed E-state index contributed by atoms with van der Waals surface area (Å²) in [7, 11) is 0. The Balaban J connectivity index is 0. The Hall–Kier alpha value is -0.200. The molecule has 64 valence electrons. The van der Waals surface area contributed by atoms with Gasteiger partial charge in [-0.15, -0.1) is 23.2 Å². The van der Waals surface area contributed by atoms with Crippen LogP contribution in [0.2, 0.25) is 0 Å². The van der Waals surface area contributed by atoms with E-state index in [0.29, 0.717) is 0 Å². The predicted molar refractivity (Wildman–Crippen MR) is 54.7 cm³/mol. The van der Waals surface area contributed by atoms with Gasteiger partial charge in [0.2, 0.25) is 0 Å². The molecule has 0 aromatic heterocycles. The van der Waals surface area contributed by atoms with Crippen LogP contribution >= 0.6 is 23.2 Å². The van der Waals surface area contributed by atoms with Crippen molar-refractivity contribution in [1.82, 2.24) is 0 Å². The number of halogens is 2. The minimum Gasteiger partial charge on any atom is -0.130 e. The second-order valence-electron chi connectivity index (χ2n) is 1.65. The largest absolute Gasteiger partial charge is 0.130 e. The van der Waals surface area contributed by atoms with E-state index in [2.05, 4.69) is 42.3 Å². The first-order valence-corrected chi connectivity index (χ1v) is 4.68. The van der Waals surface area contributed by atoms with E-state index in [-0.39, 0.29) is 0 Å². The van der Waals surface area contributed by atoms with E-state index in [1.807, 2.05) is 18.2 Å². The van der Waals surface area contributed by atoms with Crippen LogP contribution in [0.5, 0.6) is 0 Å². The van der Waals surface area contributed by atoms with E-state index in [9.17, 15) is 0 Å². The van der Waals surface area contributed by atoms with Crippen LogP contribution in [0.25, 0.3) is 0 Å². The van der Waals surface area contributed by atoms with Crippen molar-refractivity contribution in [2.75, 3.05) is 12.8 Å². The molecule has 0 fully saturated rings. The maximum atomic E-state index is 4.64. The molecule has 0 saturated heterocycles. The minimum atomic E-state index is 1.32. The van der Waals surface area contributed by atoms with Gasteiger partial charge in [0.25, 0.3) is 0 Å². The van der Waals surface area contributed by atoms with E-state index in [4.69, 9.17) is 0 Å². The molecule has 1 aromatic rings. The highest BCUT2D eigenvalue weighted by atomic mass is 35.5. The SMILES string of the molecule is CCl.CCl.Cc1ccccc1. The van der Waals surface area contributed by atoms with Crippen LogP contribution in [0, 0.1) is 6.92 Å². The zero-order valence-electron chi connectivity index (χ0n) is 7.14. The first-order valence-electron chi connectivity index (χ1n) is 3.17. The Labute approximate surface area is 79.1 Å². The molecule has 0 amide bonds. The maximum absolute atomic E-state index is 4.64. The molecule has 0 unspecified atom stereocenters. The molecule has 0 radical (unpaired) electrons. The summed E-state index contributed by atoms with van der Waals surface area (Å²) in [4.78, 5) is 0. The monoisotopic (exact) mass is 192 g/mol. The first kappa shape index (κ1) is 13.4. The molecule has 2 heteroatoms. The molecule has 0 N–H and O–H groups in total. The lowest BCUT2D eigenvalue weighted by Gasteiger charge is -1.82. The van der Waals surface area contributed by atoms with Crippen LogP contribution in [-0.4, -0.2) is 12.8 Å². The van der Waals surface area contributed by atoms with Gasteiger partial charge in [0.15, 0.2) is 0 Å². The fourth-order valence-electron chi connectivity index (χ4n) is 0.534. The fraction of sp³-hybridized carbons (Fsp3) is 0.333. The average Bonchev–Trinajstić information content (AvgIpc) is 2.13. The molecule has 11 heavy (non-hydrogen) atoms. The summed E-state index contributed by atoms with van der Waals surface area (Å²) >= 11 is 9.28. The van der Waals surface area contributed by atoms with Crippen LogP contribution in [0.4, 0.5) is 0 Å². The zero-order valence-corrected chi connectivity index (χ0v) is 8.65. The highest BCUT2D eigenvalue weighted by Crippen LogP contribution is 1.92. The number of hydrogen-bond acceptors (Lipinski definition) is 0. The van der Waals surface area contributed by atoms with Gasteiger partial charge in [-0.1, -0.05) is 35.9 Å². The summed E-state index contributed by atoms with van der Waals surface area (Å²) in [6.07, 6.45) is 2.94. The number of hydrogen-bond donors (Lipinski definition) is 0. The lowest BCUT2D eigenvalue weighted by atomic mass is 10.2. The van der Waals surface area contributed by atoms with Crippen LogP contribution < -0.4 is 0 Å². The highest BCUT2D eigenvalue weighted by molar-refractivity contribution is 6.15. The summed E-state index contributed by atoms with van der Waals surface area (Å²) < 4.78 is 0. The Morgan fingerprint density at radius 3 is 1.36 bits per heavy atom. The second-order valence-corrected chi connectivity index (χ2v) is 1.65. The molecule has 0 aliphatic heterocycles. The van der Waals surface area contributed by atoms with Gasteiger partial charge in [-0.3, -0.25) is 0 Å². The topological polar surface area (TPSA) is 0 Å². The van der Waals surface area contributed by atoms with Crippen LogP contribution in [0.3, 0.4) is 0 Å². The summed E-state index contributed by atoms with van der Waals surface area (Å²) in [5.74, 6) is 0. The molecule has 0 saturated carbocycles. The smallest absolute Gasteiger partial charge is 0.0108 e. The van der Waals surface area contributed by atoms with Crippen molar-refractivity contribution in [2.24, 2.45) is 0 Å². The molecule has 1 aromatic carbocycles. The Morgan fingerprint density at radius 1 is 0.818 bits per heavy atom. The summed E-state index contributed by atoms with van der Waals surface area (Å²) in [5, 5.41) is 0. The summed E-state index contributed by atoms with van der Waals surface area (Å²) in [6, 6.07) is 10.3. The van der Waals surface area contributed by atoms with Crippen molar-refractivity contribution in [2.45, 2.75) is 6.92 Å². The van der Waals surface area contributed by atoms with E-state index < -0.39 is 0 Å². The number of benzene rings is 1. The van der Waals surface area contributed by atoms with E-state index >= 15 is 0 Å². The Morgan fingerprint density at radius 2 is 1.18 bits per heavy atom. The molecule has 0 spiro atoms. The Bertz CT molecular complexity index is 137. The molecular formula is C9H14Cl2. The number of rotatable bonds is 0. The van der Waals surface area contributed by atoms with Gasteiger partial charge >= 0.3 is 0 Å². The lowest BCUT2D eigenvalue weighted by Crippen LogP contribution is -1.62. The van der Waals surface area contributed by atoms with Crippen molar-refractivity contribution < 1.29 is 0 Å². The van der Waals surface area contributed by atoms with Gasteiger partial charge in [-0.05, 0) is 6.92 Å². The molecule has 0 aliphatic rings. The van der Waals surface area contributed by atoms with Gasteiger partial charge in [0, 0.05) is 12.8 Å². The van der Waals surface area contributed by atoms with Crippen molar-refractivity contribution in [3.8, 4) is 0 Å². The molecule has 1 rings (SSSR count). The molecule has 0 bridgehead atoms. The second kappa shape index (κ2) is 12.5. The summed E-state index contributed by atoms with van der Waals surface area (Å²) in [5.41, 5.74) is 1.32. The average molecular weight is 193 g/mol. The van der Waals surface area contributed by atoms with Gasteiger partial charge in [0.05, 0.1) is 0 Å². The van der Waals surface area contributed by atoms with Crippen molar-refractivity contribution in [3.05, 3.63) is 35.9 Å². The number of aryl methyl sites for hydroxylation is 1. The van der Waals surface area contributed by atoms with Gasteiger partial charge in [-0.25, -0.2) is 0 Å². The van der Waals surface area contributed by atoms with Crippen molar-refractivity contribution >= 4 is 23.2 Å². The fourth-order valence-corrected chi connectivity index (χ4v) is 0.534.